The fourth-order valence-corrected chi connectivity index (χ4v) is 6.60. The van der Waals surface area contributed by atoms with Crippen molar-refractivity contribution in [1.29, 1.82) is 0 Å². The van der Waals surface area contributed by atoms with Crippen LogP contribution in [0.1, 0.15) is 71.7 Å². The Bertz CT molecular complexity index is 1120. The Morgan fingerprint density at radius 2 is 1.48 bits per heavy atom. The summed E-state index contributed by atoms with van der Waals surface area (Å²) < 4.78 is 45.9. The molecule has 1 fully saturated rings. The SMILES string of the molecule is CCCCCCCCCC(=O)OCCN1CCN(CCCN2c3ccccc3Sc3ccc(C(F)(F)F)cc32)CC1.[H-].[Na+]. The molecule has 10 heteroatoms. The Labute approximate surface area is 277 Å². The average Bonchev–Trinajstić information content (AvgIpc) is 2.96. The summed E-state index contributed by atoms with van der Waals surface area (Å²) in [5.74, 6) is -0.0844. The Hall–Kier alpha value is -1.23. The van der Waals surface area contributed by atoms with Crippen LogP contribution in [0.25, 0.3) is 0 Å². The molecular formula is C32H45F3N3NaO2S. The number of esters is 1. The van der Waals surface area contributed by atoms with Crippen molar-refractivity contribution in [2.24, 2.45) is 0 Å². The van der Waals surface area contributed by atoms with E-state index < -0.39 is 11.7 Å². The Morgan fingerprint density at radius 3 is 2.19 bits per heavy atom. The van der Waals surface area contributed by atoms with Crippen LogP contribution >= 0.6 is 11.8 Å². The molecule has 1 saturated heterocycles. The van der Waals surface area contributed by atoms with Crippen LogP contribution in [0.15, 0.2) is 52.3 Å². The van der Waals surface area contributed by atoms with Gasteiger partial charge in [-0.2, -0.15) is 13.2 Å². The zero-order valence-corrected chi connectivity index (χ0v) is 28.1. The topological polar surface area (TPSA) is 36.0 Å². The van der Waals surface area contributed by atoms with Crippen LogP contribution in [-0.2, 0) is 15.7 Å². The number of hydrogen-bond donors (Lipinski definition) is 0. The van der Waals surface area contributed by atoms with Crippen LogP contribution in [0.2, 0.25) is 0 Å². The van der Waals surface area contributed by atoms with Crippen molar-refractivity contribution < 1.29 is 53.7 Å². The van der Waals surface area contributed by atoms with Gasteiger partial charge in [-0.05, 0) is 49.7 Å². The van der Waals surface area contributed by atoms with Crippen LogP contribution in [-0.4, -0.2) is 68.2 Å². The van der Waals surface area contributed by atoms with Crippen molar-refractivity contribution in [2.45, 2.75) is 80.7 Å². The van der Waals surface area contributed by atoms with Gasteiger partial charge in [0.2, 0.25) is 0 Å². The number of para-hydroxylation sites is 1. The predicted octanol–water partition coefficient (Wildman–Crippen LogP) is 5.12. The summed E-state index contributed by atoms with van der Waals surface area (Å²) in [6.45, 7) is 8.70. The number of hydrogen-bond acceptors (Lipinski definition) is 6. The fraction of sp³-hybridized carbons (Fsp3) is 0.594. The smallest absolute Gasteiger partial charge is 1.00 e. The zero-order chi connectivity index (χ0) is 29.1. The van der Waals surface area contributed by atoms with E-state index in [4.69, 9.17) is 4.74 Å². The molecule has 2 aromatic carbocycles. The first kappa shape index (κ1) is 35.3. The van der Waals surface area contributed by atoms with Gasteiger partial charge in [0.15, 0.2) is 0 Å². The summed E-state index contributed by atoms with van der Waals surface area (Å²) in [4.78, 5) is 20.8. The number of rotatable bonds is 15. The van der Waals surface area contributed by atoms with Crippen molar-refractivity contribution in [3.8, 4) is 0 Å². The van der Waals surface area contributed by atoms with Gasteiger partial charge in [0, 0.05) is 55.5 Å². The number of halogens is 3. The van der Waals surface area contributed by atoms with Crippen molar-refractivity contribution >= 4 is 29.1 Å². The quantitative estimate of drug-likeness (QED) is 0.157. The van der Waals surface area contributed by atoms with E-state index in [9.17, 15) is 18.0 Å². The van der Waals surface area contributed by atoms with E-state index in [0.29, 0.717) is 25.3 Å². The number of nitrogens with zero attached hydrogens (tertiary/aromatic N) is 3. The Morgan fingerprint density at radius 1 is 0.833 bits per heavy atom. The van der Waals surface area contributed by atoms with Crippen LogP contribution in [0.3, 0.4) is 0 Å². The molecule has 0 atom stereocenters. The molecule has 0 N–H and O–H groups in total. The first-order valence-electron chi connectivity index (χ1n) is 15.2. The number of piperazine rings is 1. The van der Waals surface area contributed by atoms with Gasteiger partial charge in [-0.25, -0.2) is 0 Å². The third-order valence-electron chi connectivity index (χ3n) is 7.93. The number of ether oxygens (including phenoxy) is 1. The number of anilines is 2. The minimum Gasteiger partial charge on any atom is -1.00 e. The number of alkyl halides is 3. The summed E-state index contributed by atoms with van der Waals surface area (Å²) in [5.41, 5.74) is 0.992. The molecule has 5 nitrogen and oxygen atoms in total. The second-order valence-corrected chi connectivity index (χ2v) is 12.1. The van der Waals surface area contributed by atoms with E-state index >= 15 is 0 Å². The monoisotopic (exact) mass is 615 g/mol. The molecule has 0 unspecified atom stereocenters. The second kappa shape index (κ2) is 17.9. The Balaban J connectivity index is 0.00000323. The Kier molecular flexibility index (Phi) is 15.0. The van der Waals surface area contributed by atoms with Gasteiger partial charge in [0.25, 0.3) is 0 Å². The molecule has 4 rings (SSSR count). The van der Waals surface area contributed by atoms with Gasteiger partial charge in [-0.3, -0.25) is 9.69 Å². The molecule has 0 bridgehead atoms. The largest absolute Gasteiger partial charge is 1.00 e. The van der Waals surface area contributed by atoms with Crippen molar-refractivity contribution in [3.63, 3.8) is 0 Å². The molecule has 2 aromatic rings. The standard InChI is InChI=1S/C32H44F3N3O2S.Na.H/c1-2-3-4-5-6-7-8-14-31(39)40-24-23-37-21-19-36(20-22-37)17-11-18-38-27-12-9-10-13-29(27)41-30-16-15-26(25-28(30)38)32(33,34)35;;/h9-10,12-13,15-16,25H,2-8,11,14,17-24H2,1H3;;/q;+1;-1. The maximum atomic E-state index is 13.5. The van der Waals surface area contributed by atoms with E-state index in [0.717, 1.165) is 74.0 Å². The normalized spacial score (nSPS) is 15.6. The van der Waals surface area contributed by atoms with Crippen LogP contribution in [0, 0.1) is 0 Å². The molecule has 2 aliphatic heterocycles. The number of fused-ring (bicyclic) bond motifs is 2. The van der Waals surface area contributed by atoms with Crippen molar-refractivity contribution in [2.75, 3.05) is 57.3 Å². The molecule has 0 aliphatic carbocycles. The van der Waals surface area contributed by atoms with Crippen molar-refractivity contribution in [3.05, 3.63) is 48.0 Å². The van der Waals surface area contributed by atoms with Crippen LogP contribution in [0.5, 0.6) is 0 Å². The zero-order valence-electron chi connectivity index (χ0n) is 26.3. The third kappa shape index (κ3) is 10.7. The van der Waals surface area contributed by atoms with Gasteiger partial charge in [-0.1, -0.05) is 69.3 Å². The first-order chi connectivity index (χ1) is 19.8. The average molecular weight is 616 g/mol. The number of carbonyl (C=O) groups is 1. The maximum Gasteiger partial charge on any atom is 1.00 e. The number of benzene rings is 2. The molecule has 0 saturated carbocycles. The molecule has 228 valence electrons. The molecular weight excluding hydrogens is 570 g/mol. The summed E-state index contributed by atoms with van der Waals surface area (Å²) in [6, 6.07) is 12.0. The maximum absolute atomic E-state index is 13.5. The van der Waals surface area contributed by atoms with E-state index in [1.807, 2.05) is 29.2 Å². The minimum atomic E-state index is -4.37. The minimum absolute atomic E-state index is 0. The van der Waals surface area contributed by atoms with Gasteiger partial charge in [0.1, 0.15) is 6.61 Å². The molecule has 0 aromatic heterocycles. The molecule has 0 radical (unpaired) electrons. The van der Waals surface area contributed by atoms with Gasteiger partial charge in [-0.15, -0.1) is 0 Å². The van der Waals surface area contributed by atoms with Gasteiger partial charge >= 0.3 is 41.7 Å². The van der Waals surface area contributed by atoms with Crippen LogP contribution in [0.4, 0.5) is 24.5 Å². The first-order valence-corrected chi connectivity index (χ1v) is 16.0. The molecule has 2 aliphatic rings. The fourth-order valence-electron chi connectivity index (χ4n) is 5.52. The third-order valence-corrected chi connectivity index (χ3v) is 9.06. The predicted molar refractivity (Wildman–Crippen MR) is 161 cm³/mol. The number of unbranched alkanes of at least 4 members (excludes halogenated alkanes) is 6. The van der Waals surface area contributed by atoms with E-state index in [2.05, 4.69) is 16.7 Å². The summed E-state index contributed by atoms with van der Waals surface area (Å²) in [5, 5.41) is 0. The molecule has 2 heterocycles. The van der Waals surface area contributed by atoms with Gasteiger partial charge < -0.3 is 16.0 Å². The van der Waals surface area contributed by atoms with Crippen LogP contribution < -0.4 is 34.5 Å². The summed E-state index contributed by atoms with van der Waals surface area (Å²) in [7, 11) is 0. The van der Waals surface area contributed by atoms with E-state index in [1.165, 1.54) is 56.0 Å². The molecule has 0 spiro atoms. The van der Waals surface area contributed by atoms with E-state index in [-0.39, 0.29) is 37.0 Å². The number of carbonyl (C=O) groups excluding carboxylic acids is 1. The second-order valence-electron chi connectivity index (χ2n) is 11.0. The molecule has 0 amide bonds. The molecule has 42 heavy (non-hydrogen) atoms. The van der Waals surface area contributed by atoms with E-state index in [1.54, 1.807) is 6.07 Å². The summed E-state index contributed by atoms with van der Waals surface area (Å²) in [6.07, 6.45) is 5.33. The van der Waals surface area contributed by atoms with Gasteiger partial charge in [0.05, 0.1) is 16.9 Å². The van der Waals surface area contributed by atoms with Crippen molar-refractivity contribution in [1.82, 2.24) is 9.80 Å². The summed E-state index contributed by atoms with van der Waals surface area (Å²) >= 11 is 1.53.